The summed E-state index contributed by atoms with van der Waals surface area (Å²) in [7, 11) is 0. The number of para-hydroxylation sites is 1. The molecule has 0 N–H and O–H groups in total. The molecule has 0 aromatic heterocycles. The third-order valence-corrected chi connectivity index (χ3v) is 1.05. The molecule has 1 rings (SSSR count). The van der Waals surface area contributed by atoms with Gasteiger partial charge in [0.1, 0.15) is 0 Å². The first-order valence-electron chi connectivity index (χ1n) is 3.16. The zero-order valence-electron chi connectivity index (χ0n) is 6.06. The minimum absolute atomic E-state index is 0.376. The van der Waals surface area contributed by atoms with E-state index < -0.39 is 5.97 Å². The van der Waals surface area contributed by atoms with Crippen LogP contribution < -0.4 is 4.89 Å². The molecule has 0 amide bonds. The summed E-state index contributed by atoms with van der Waals surface area (Å²) in [5.74, 6) is -0.694. The van der Waals surface area contributed by atoms with Crippen LogP contribution in [0.4, 0.5) is 0 Å². The summed E-state index contributed by atoms with van der Waals surface area (Å²) in [6, 6.07) is 9.68. The summed E-state index contributed by atoms with van der Waals surface area (Å²) in [6.45, 7) is 0. The predicted molar refractivity (Wildman–Crippen MR) is 38.8 cm³/mol. The van der Waals surface area contributed by atoms with Gasteiger partial charge in [-0.1, -0.05) is 18.2 Å². The quantitative estimate of drug-likeness (QED) is 0.371. The van der Waals surface area contributed by atoms with Crippen LogP contribution in [0.2, 0.25) is 0 Å². The lowest BCUT2D eigenvalue weighted by Crippen LogP contribution is -2.04. The van der Waals surface area contributed by atoms with Gasteiger partial charge in [0.2, 0.25) is 0 Å². The van der Waals surface area contributed by atoms with Crippen LogP contribution in [0.25, 0.3) is 0 Å². The maximum absolute atomic E-state index is 10.3. The molecule has 0 aliphatic carbocycles. The normalized spacial score (nSPS) is 8.25. The maximum Gasteiger partial charge on any atom is 0.455 e. The largest absolute Gasteiger partial charge is 0.455 e. The highest BCUT2D eigenvalue weighted by atomic mass is 17.2. The molecule has 0 fully saturated rings. The second-order valence-corrected chi connectivity index (χ2v) is 1.88. The predicted octanol–water partition coefficient (Wildman–Crippen LogP) is 1.05. The van der Waals surface area contributed by atoms with Crippen molar-refractivity contribution in [1.29, 1.82) is 5.26 Å². The molecule has 0 radical (unpaired) electrons. The molecular weight excluding hydrogens is 158 g/mol. The Bertz CT molecular complexity index is 302. The topological polar surface area (TPSA) is 59.3 Å². The number of benzene rings is 1. The third kappa shape index (κ3) is 2.31. The molecule has 0 unspecified atom stereocenters. The Labute approximate surface area is 68.9 Å². The highest BCUT2D eigenvalue weighted by molar-refractivity contribution is 5.85. The second kappa shape index (κ2) is 3.98. The van der Waals surface area contributed by atoms with Gasteiger partial charge in [0.25, 0.3) is 0 Å². The van der Waals surface area contributed by atoms with Gasteiger partial charge in [0.15, 0.2) is 11.8 Å². The lowest BCUT2D eigenvalue weighted by Gasteiger charge is -1.98. The van der Waals surface area contributed by atoms with Crippen LogP contribution in [0.15, 0.2) is 30.3 Å². The van der Waals surface area contributed by atoms with Crippen LogP contribution in [-0.4, -0.2) is 5.97 Å². The lowest BCUT2D eigenvalue weighted by atomic mass is 10.3. The second-order valence-electron chi connectivity index (χ2n) is 1.88. The summed E-state index contributed by atoms with van der Waals surface area (Å²) in [4.78, 5) is 18.8. The van der Waals surface area contributed by atoms with Gasteiger partial charge in [-0.05, 0) is 12.1 Å². The van der Waals surface area contributed by atoms with E-state index in [4.69, 9.17) is 5.26 Å². The van der Waals surface area contributed by atoms with Crippen molar-refractivity contribution in [3.63, 3.8) is 0 Å². The van der Waals surface area contributed by atoms with Gasteiger partial charge >= 0.3 is 5.97 Å². The highest BCUT2D eigenvalue weighted by Gasteiger charge is 2.00. The fraction of sp³-hybridized carbons (Fsp3) is 0. The molecule has 60 valence electrons. The summed E-state index contributed by atoms with van der Waals surface area (Å²) >= 11 is 0. The first-order chi connectivity index (χ1) is 5.83. The van der Waals surface area contributed by atoms with Crippen LogP contribution in [0, 0.1) is 11.3 Å². The monoisotopic (exact) mass is 163 g/mol. The molecule has 0 bridgehead atoms. The zero-order valence-corrected chi connectivity index (χ0v) is 6.06. The SMILES string of the molecule is N#CC(=O)OOc1ccccc1. The van der Waals surface area contributed by atoms with E-state index in [-0.39, 0.29) is 0 Å². The van der Waals surface area contributed by atoms with Crippen LogP contribution in [0.3, 0.4) is 0 Å². The van der Waals surface area contributed by atoms with Crippen LogP contribution in [0.5, 0.6) is 5.75 Å². The minimum Gasteiger partial charge on any atom is -0.286 e. The average molecular weight is 163 g/mol. The first kappa shape index (κ1) is 8.08. The van der Waals surface area contributed by atoms with E-state index in [2.05, 4.69) is 9.78 Å². The van der Waals surface area contributed by atoms with Gasteiger partial charge in [0, 0.05) is 0 Å². The van der Waals surface area contributed by atoms with Crippen molar-refractivity contribution in [1.82, 2.24) is 0 Å². The van der Waals surface area contributed by atoms with E-state index in [1.807, 2.05) is 0 Å². The minimum atomic E-state index is -1.07. The Morgan fingerprint density at radius 2 is 2.00 bits per heavy atom. The number of nitrogens with zero attached hydrogens (tertiary/aromatic N) is 1. The molecule has 4 heteroatoms. The molecule has 1 aromatic carbocycles. The molecule has 0 aliphatic rings. The van der Waals surface area contributed by atoms with E-state index >= 15 is 0 Å². The van der Waals surface area contributed by atoms with Crippen molar-refractivity contribution < 1.29 is 14.6 Å². The van der Waals surface area contributed by atoms with Crippen molar-refractivity contribution in [2.45, 2.75) is 0 Å². The summed E-state index contributed by atoms with van der Waals surface area (Å²) in [6.07, 6.45) is 0. The smallest absolute Gasteiger partial charge is 0.286 e. The van der Waals surface area contributed by atoms with Gasteiger partial charge in [-0.25, -0.2) is 9.68 Å². The molecule has 0 spiro atoms. The number of nitriles is 1. The fourth-order valence-corrected chi connectivity index (χ4v) is 0.581. The molecule has 0 aliphatic heterocycles. The third-order valence-electron chi connectivity index (χ3n) is 1.05. The van der Waals surface area contributed by atoms with Crippen molar-refractivity contribution in [3.05, 3.63) is 30.3 Å². The summed E-state index contributed by atoms with van der Waals surface area (Å²) in [5, 5.41) is 8.01. The highest BCUT2D eigenvalue weighted by Crippen LogP contribution is 2.07. The lowest BCUT2D eigenvalue weighted by molar-refractivity contribution is -0.206. The van der Waals surface area contributed by atoms with Crippen molar-refractivity contribution in [3.8, 4) is 11.8 Å². The van der Waals surface area contributed by atoms with Crippen LogP contribution >= 0.6 is 0 Å². The maximum atomic E-state index is 10.3. The van der Waals surface area contributed by atoms with Gasteiger partial charge < -0.3 is 0 Å². The molecule has 0 saturated carbocycles. The van der Waals surface area contributed by atoms with E-state index in [1.165, 1.54) is 6.07 Å². The molecule has 0 atom stereocenters. The summed E-state index contributed by atoms with van der Waals surface area (Å²) < 4.78 is 0. The molecule has 4 nitrogen and oxygen atoms in total. The molecular formula is C8H5NO3. The van der Waals surface area contributed by atoms with E-state index in [0.29, 0.717) is 5.75 Å². The van der Waals surface area contributed by atoms with Crippen molar-refractivity contribution >= 4 is 5.97 Å². The zero-order chi connectivity index (χ0) is 8.81. The molecule has 12 heavy (non-hydrogen) atoms. The Morgan fingerprint density at radius 1 is 1.33 bits per heavy atom. The number of carbonyl (C=O) groups excluding carboxylic acids is 1. The Hall–Kier alpha value is -2.02. The molecule has 0 saturated heterocycles. The van der Waals surface area contributed by atoms with Gasteiger partial charge in [0.05, 0.1) is 0 Å². The van der Waals surface area contributed by atoms with Gasteiger partial charge in [-0.2, -0.15) is 5.26 Å². The van der Waals surface area contributed by atoms with E-state index in [9.17, 15) is 4.79 Å². The summed E-state index contributed by atoms with van der Waals surface area (Å²) in [5.41, 5.74) is 0. The molecule has 0 heterocycles. The Balaban J connectivity index is 2.45. The standard InChI is InChI=1S/C8H5NO3/c9-6-8(10)12-11-7-4-2-1-3-5-7/h1-5H. The van der Waals surface area contributed by atoms with Crippen LogP contribution in [0.1, 0.15) is 0 Å². The van der Waals surface area contributed by atoms with E-state index in [1.54, 1.807) is 30.3 Å². The van der Waals surface area contributed by atoms with Gasteiger partial charge in [-0.3, -0.25) is 4.89 Å². The Kier molecular flexibility index (Phi) is 2.68. The molecule has 1 aromatic rings. The van der Waals surface area contributed by atoms with Gasteiger partial charge in [-0.15, -0.1) is 0 Å². The first-order valence-corrected chi connectivity index (χ1v) is 3.16. The Morgan fingerprint density at radius 3 is 2.58 bits per heavy atom. The average Bonchev–Trinajstić information content (AvgIpc) is 2.16. The van der Waals surface area contributed by atoms with E-state index in [0.717, 1.165) is 0 Å². The number of hydrogen-bond donors (Lipinski definition) is 0. The van der Waals surface area contributed by atoms with Crippen LogP contribution in [-0.2, 0) is 9.68 Å². The number of rotatable bonds is 2. The van der Waals surface area contributed by atoms with Crippen molar-refractivity contribution in [2.24, 2.45) is 0 Å². The number of carbonyl (C=O) groups is 1. The number of hydrogen-bond acceptors (Lipinski definition) is 4. The fourth-order valence-electron chi connectivity index (χ4n) is 0.581. The van der Waals surface area contributed by atoms with Crippen molar-refractivity contribution in [2.75, 3.05) is 0 Å².